The van der Waals surface area contributed by atoms with Gasteiger partial charge in [0.1, 0.15) is 6.61 Å². The summed E-state index contributed by atoms with van der Waals surface area (Å²) in [5, 5.41) is 3.47. The van der Waals surface area contributed by atoms with E-state index < -0.39 is 13.0 Å². The van der Waals surface area contributed by atoms with Gasteiger partial charge in [0.2, 0.25) is 0 Å². The first-order valence-corrected chi connectivity index (χ1v) is 6.83. The van der Waals surface area contributed by atoms with Gasteiger partial charge in [0, 0.05) is 12.6 Å². The monoisotopic (exact) mass is 249 g/mol. The van der Waals surface area contributed by atoms with E-state index in [1.54, 1.807) is 0 Å². The molecule has 0 bridgehead atoms. The average molecular weight is 249 g/mol. The van der Waals surface area contributed by atoms with E-state index in [9.17, 15) is 8.78 Å². The number of nitrogens with one attached hydrogen (secondary N) is 1. The van der Waals surface area contributed by atoms with Crippen molar-refractivity contribution >= 4 is 0 Å². The van der Waals surface area contributed by atoms with Gasteiger partial charge in [-0.3, -0.25) is 0 Å². The third-order valence-electron chi connectivity index (χ3n) is 3.50. The van der Waals surface area contributed by atoms with Gasteiger partial charge in [-0.15, -0.1) is 0 Å². The van der Waals surface area contributed by atoms with Crippen LogP contribution in [0.25, 0.3) is 0 Å². The van der Waals surface area contributed by atoms with Crippen LogP contribution in [0.15, 0.2) is 0 Å². The molecule has 2 nitrogen and oxygen atoms in total. The van der Waals surface area contributed by atoms with E-state index >= 15 is 0 Å². The maximum Gasteiger partial charge on any atom is 0.261 e. The molecule has 0 aromatic heterocycles. The van der Waals surface area contributed by atoms with Gasteiger partial charge >= 0.3 is 0 Å². The molecule has 17 heavy (non-hydrogen) atoms. The normalized spacial score (nSPS) is 19.8. The predicted octanol–water partition coefficient (Wildman–Crippen LogP) is 3.22. The Labute approximate surface area is 103 Å². The van der Waals surface area contributed by atoms with Crippen molar-refractivity contribution in [3.63, 3.8) is 0 Å². The van der Waals surface area contributed by atoms with Gasteiger partial charge in [-0.1, -0.05) is 26.2 Å². The van der Waals surface area contributed by atoms with Gasteiger partial charge in [-0.2, -0.15) is 0 Å². The van der Waals surface area contributed by atoms with E-state index in [2.05, 4.69) is 12.2 Å². The van der Waals surface area contributed by atoms with Crippen molar-refractivity contribution in [1.29, 1.82) is 0 Å². The molecule has 1 aliphatic rings. The highest BCUT2D eigenvalue weighted by molar-refractivity contribution is 4.78. The minimum Gasteiger partial charge on any atom is -0.375 e. The van der Waals surface area contributed by atoms with E-state index in [0.717, 1.165) is 13.0 Å². The van der Waals surface area contributed by atoms with Gasteiger partial charge < -0.3 is 10.1 Å². The van der Waals surface area contributed by atoms with Crippen molar-refractivity contribution in [2.45, 2.75) is 57.9 Å². The van der Waals surface area contributed by atoms with E-state index in [1.165, 1.54) is 32.1 Å². The highest BCUT2D eigenvalue weighted by Gasteiger charge is 2.22. The second kappa shape index (κ2) is 8.81. The third kappa shape index (κ3) is 6.32. The first-order valence-electron chi connectivity index (χ1n) is 6.83. The molecule has 0 heterocycles. The Morgan fingerprint density at radius 1 is 1.24 bits per heavy atom. The van der Waals surface area contributed by atoms with Crippen LogP contribution < -0.4 is 5.32 Å². The van der Waals surface area contributed by atoms with Crippen LogP contribution in [0.4, 0.5) is 8.78 Å². The number of ether oxygens (including phenoxy) is 1. The van der Waals surface area contributed by atoms with Crippen molar-refractivity contribution in [2.75, 3.05) is 19.8 Å². The molecule has 0 aliphatic heterocycles. The van der Waals surface area contributed by atoms with Crippen LogP contribution in [0.2, 0.25) is 0 Å². The number of rotatable bonds is 8. The lowest BCUT2D eigenvalue weighted by molar-refractivity contribution is 0.0121. The Morgan fingerprint density at radius 2 is 1.94 bits per heavy atom. The molecule has 1 rings (SSSR count). The van der Waals surface area contributed by atoms with E-state index in [1.807, 2.05) is 0 Å². The van der Waals surface area contributed by atoms with Crippen molar-refractivity contribution in [3.8, 4) is 0 Å². The van der Waals surface area contributed by atoms with Crippen molar-refractivity contribution < 1.29 is 13.5 Å². The number of hydrogen-bond acceptors (Lipinski definition) is 2. The average Bonchev–Trinajstić information content (AvgIpc) is 2.34. The van der Waals surface area contributed by atoms with Crippen molar-refractivity contribution in [3.05, 3.63) is 0 Å². The summed E-state index contributed by atoms with van der Waals surface area (Å²) in [6, 6.07) is 0.443. The zero-order valence-electron chi connectivity index (χ0n) is 10.8. The minimum absolute atomic E-state index is 0.427. The molecular weight excluding hydrogens is 224 g/mol. The number of hydrogen-bond donors (Lipinski definition) is 1. The first kappa shape index (κ1) is 14.8. The molecule has 1 aliphatic carbocycles. The molecule has 0 radical (unpaired) electrons. The fourth-order valence-corrected chi connectivity index (χ4v) is 2.69. The maximum absolute atomic E-state index is 11.9. The van der Waals surface area contributed by atoms with Crippen LogP contribution in [0.5, 0.6) is 0 Å². The lowest BCUT2D eigenvalue weighted by atomic mass is 9.83. The molecule has 0 spiro atoms. The van der Waals surface area contributed by atoms with Crippen molar-refractivity contribution in [2.24, 2.45) is 5.92 Å². The Balaban J connectivity index is 2.21. The molecule has 0 saturated heterocycles. The third-order valence-corrected chi connectivity index (χ3v) is 3.50. The zero-order valence-corrected chi connectivity index (χ0v) is 10.8. The standard InChI is InChI=1S/C13H25F2NO/c1-2-16-12(8-9-17-10-13(14)15)11-6-4-3-5-7-11/h11-13,16H,2-10H2,1H3. The lowest BCUT2D eigenvalue weighted by Crippen LogP contribution is -2.38. The van der Waals surface area contributed by atoms with Crippen LogP contribution >= 0.6 is 0 Å². The van der Waals surface area contributed by atoms with Gasteiger partial charge in [0.05, 0.1) is 0 Å². The molecule has 0 amide bonds. The van der Waals surface area contributed by atoms with Gasteiger partial charge in [0.15, 0.2) is 0 Å². The summed E-state index contributed by atoms with van der Waals surface area (Å²) in [7, 11) is 0. The molecule has 1 saturated carbocycles. The highest BCUT2D eigenvalue weighted by Crippen LogP contribution is 2.27. The van der Waals surface area contributed by atoms with E-state index in [-0.39, 0.29) is 0 Å². The second-order valence-corrected chi connectivity index (χ2v) is 4.82. The maximum atomic E-state index is 11.9. The molecule has 1 unspecified atom stereocenters. The summed E-state index contributed by atoms with van der Waals surface area (Å²) < 4.78 is 28.8. The van der Waals surface area contributed by atoms with E-state index in [4.69, 9.17) is 4.74 Å². The van der Waals surface area contributed by atoms with Crippen LogP contribution in [-0.4, -0.2) is 32.2 Å². The quantitative estimate of drug-likeness (QED) is 0.667. The van der Waals surface area contributed by atoms with Gasteiger partial charge in [-0.05, 0) is 31.7 Å². The predicted molar refractivity (Wildman–Crippen MR) is 65.5 cm³/mol. The first-order chi connectivity index (χ1) is 8.24. The zero-order chi connectivity index (χ0) is 12.5. The van der Waals surface area contributed by atoms with Crippen LogP contribution in [-0.2, 0) is 4.74 Å². The summed E-state index contributed by atoms with van der Waals surface area (Å²) in [4.78, 5) is 0. The topological polar surface area (TPSA) is 21.3 Å². The number of halogens is 2. The molecule has 1 N–H and O–H groups in total. The number of alkyl halides is 2. The Bertz CT molecular complexity index is 184. The minimum atomic E-state index is -2.35. The summed E-state index contributed by atoms with van der Waals surface area (Å²) in [6.45, 7) is 3.05. The molecule has 1 fully saturated rings. The van der Waals surface area contributed by atoms with Crippen LogP contribution in [0, 0.1) is 5.92 Å². The lowest BCUT2D eigenvalue weighted by Gasteiger charge is -2.30. The summed E-state index contributed by atoms with van der Waals surface area (Å²) in [5.41, 5.74) is 0. The molecule has 1 atom stereocenters. The fraction of sp³-hybridized carbons (Fsp3) is 1.00. The molecular formula is C13H25F2NO. The molecule has 4 heteroatoms. The van der Waals surface area contributed by atoms with Crippen LogP contribution in [0.1, 0.15) is 45.4 Å². The molecule has 102 valence electrons. The van der Waals surface area contributed by atoms with Gasteiger partial charge in [0.25, 0.3) is 6.43 Å². The fourth-order valence-electron chi connectivity index (χ4n) is 2.69. The summed E-state index contributed by atoms with van der Waals surface area (Å²) in [6.07, 6.45) is 5.01. The summed E-state index contributed by atoms with van der Waals surface area (Å²) in [5.74, 6) is 0.707. The highest BCUT2D eigenvalue weighted by atomic mass is 19.3. The largest absolute Gasteiger partial charge is 0.375 e. The Hall–Kier alpha value is -0.220. The summed E-state index contributed by atoms with van der Waals surface area (Å²) >= 11 is 0. The smallest absolute Gasteiger partial charge is 0.261 e. The Morgan fingerprint density at radius 3 is 2.53 bits per heavy atom. The van der Waals surface area contributed by atoms with Crippen molar-refractivity contribution in [1.82, 2.24) is 5.32 Å². The Kier molecular flexibility index (Phi) is 7.69. The SMILES string of the molecule is CCNC(CCOCC(F)F)C1CCCCC1. The second-order valence-electron chi connectivity index (χ2n) is 4.82. The van der Waals surface area contributed by atoms with Gasteiger partial charge in [-0.25, -0.2) is 8.78 Å². The van der Waals surface area contributed by atoms with Crippen LogP contribution in [0.3, 0.4) is 0 Å². The molecule has 0 aromatic rings. The van der Waals surface area contributed by atoms with E-state index in [0.29, 0.717) is 18.6 Å². The molecule has 0 aromatic carbocycles.